The Morgan fingerprint density at radius 2 is 1.93 bits per heavy atom. The van der Waals surface area contributed by atoms with E-state index in [1.807, 2.05) is 48.7 Å². The van der Waals surface area contributed by atoms with E-state index in [1.165, 1.54) is 0 Å². The van der Waals surface area contributed by atoms with E-state index in [0.29, 0.717) is 27.2 Å². The number of aryl methyl sites for hydroxylation is 1. The van der Waals surface area contributed by atoms with Crippen LogP contribution in [0, 0.1) is 6.92 Å². The quantitative estimate of drug-likeness (QED) is 0.375. The van der Waals surface area contributed by atoms with Crippen molar-refractivity contribution in [2.24, 2.45) is 0 Å². The minimum atomic E-state index is 0.162. The lowest BCUT2D eigenvalue weighted by molar-refractivity contribution is 0.482. The number of hydrogen-bond acceptors (Lipinski definition) is 5. The molecule has 3 heterocycles. The summed E-state index contributed by atoms with van der Waals surface area (Å²) in [6.45, 7) is 1.92. The van der Waals surface area contributed by atoms with Gasteiger partial charge in [0, 0.05) is 27.1 Å². The molecule has 0 amide bonds. The van der Waals surface area contributed by atoms with Crippen LogP contribution in [0.3, 0.4) is 0 Å². The lowest BCUT2D eigenvalue weighted by atomic mass is 10.0. The molecule has 27 heavy (non-hydrogen) atoms. The standard InChI is InChI=1S/C21H13ClN2O2S/c1-11-8-17-13(6-7-26-17)21(25)19(11)16-9-18-20(24-23-16)14(10-27-18)12-4-2-3-5-15(12)22/h2-10,25H,1H3. The molecular weight excluding hydrogens is 380 g/mol. The number of halogens is 1. The maximum atomic E-state index is 10.7. The minimum Gasteiger partial charge on any atom is -0.506 e. The van der Waals surface area contributed by atoms with Crippen molar-refractivity contribution in [3.05, 3.63) is 64.7 Å². The van der Waals surface area contributed by atoms with Gasteiger partial charge in [-0.05, 0) is 36.8 Å². The fraction of sp³-hybridized carbons (Fsp3) is 0.0476. The molecule has 0 saturated heterocycles. The van der Waals surface area contributed by atoms with Crippen molar-refractivity contribution in [2.75, 3.05) is 0 Å². The highest BCUT2D eigenvalue weighted by Crippen LogP contribution is 2.41. The second kappa shape index (κ2) is 6.08. The van der Waals surface area contributed by atoms with Crippen LogP contribution in [-0.2, 0) is 0 Å². The molecule has 0 atom stereocenters. The van der Waals surface area contributed by atoms with Gasteiger partial charge in [0.25, 0.3) is 0 Å². The Balaban J connectivity index is 1.70. The molecule has 2 aromatic carbocycles. The molecule has 0 aliphatic carbocycles. The van der Waals surface area contributed by atoms with Crippen LogP contribution in [0.25, 0.3) is 43.6 Å². The Morgan fingerprint density at radius 1 is 1.07 bits per heavy atom. The maximum Gasteiger partial charge on any atom is 0.137 e. The van der Waals surface area contributed by atoms with Crippen LogP contribution in [0.15, 0.2) is 58.5 Å². The van der Waals surface area contributed by atoms with E-state index >= 15 is 0 Å². The monoisotopic (exact) mass is 392 g/mol. The zero-order valence-corrected chi connectivity index (χ0v) is 15.8. The van der Waals surface area contributed by atoms with E-state index in [4.69, 9.17) is 16.0 Å². The van der Waals surface area contributed by atoms with Crippen molar-refractivity contribution in [1.29, 1.82) is 0 Å². The molecular formula is C21H13ClN2O2S. The van der Waals surface area contributed by atoms with Crippen molar-refractivity contribution < 1.29 is 9.52 Å². The van der Waals surface area contributed by atoms with Crippen LogP contribution in [0.2, 0.25) is 5.02 Å². The van der Waals surface area contributed by atoms with Gasteiger partial charge in [0.1, 0.15) is 16.8 Å². The normalized spacial score (nSPS) is 11.5. The molecule has 0 spiro atoms. The average molecular weight is 393 g/mol. The molecule has 0 bridgehead atoms. The van der Waals surface area contributed by atoms with E-state index < -0.39 is 0 Å². The van der Waals surface area contributed by atoms with Crippen LogP contribution < -0.4 is 0 Å². The second-order valence-electron chi connectivity index (χ2n) is 6.32. The molecule has 5 aromatic rings. The summed E-state index contributed by atoms with van der Waals surface area (Å²) in [5.74, 6) is 0.162. The summed E-state index contributed by atoms with van der Waals surface area (Å²) < 4.78 is 6.38. The van der Waals surface area contributed by atoms with Gasteiger partial charge in [0.05, 0.1) is 22.0 Å². The van der Waals surface area contributed by atoms with Gasteiger partial charge in [-0.1, -0.05) is 29.8 Å². The third kappa shape index (κ3) is 2.51. The van der Waals surface area contributed by atoms with Crippen molar-refractivity contribution in [3.63, 3.8) is 0 Å². The lowest BCUT2D eigenvalue weighted by Crippen LogP contribution is -1.92. The Hall–Kier alpha value is -2.89. The van der Waals surface area contributed by atoms with E-state index in [1.54, 1.807) is 23.7 Å². The van der Waals surface area contributed by atoms with E-state index in [0.717, 1.165) is 26.9 Å². The van der Waals surface area contributed by atoms with Gasteiger partial charge in [-0.3, -0.25) is 0 Å². The fourth-order valence-corrected chi connectivity index (χ4v) is 4.53. The molecule has 3 aromatic heterocycles. The first-order valence-electron chi connectivity index (χ1n) is 8.33. The minimum absolute atomic E-state index is 0.162. The number of nitrogens with zero attached hydrogens (tertiary/aromatic N) is 2. The summed E-state index contributed by atoms with van der Waals surface area (Å²) in [7, 11) is 0. The van der Waals surface area contributed by atoms with E-state index in [9.17, 15) is 5.11 Å². The highest BCUT2D eigenvalue weighted by molar-refractivity contribution is 7.17. The molecule has 0 fully saturated rings. The van der Waals surface area contributed by atoms with Crippen LogP contribution >= 0.6 is 22.9 Å². The third-order valence-electron chi connectivity index (χ3n) is 4.67. The molecule has 0 radical (unpaired) electrons. The van der Waals surface area contributed by atoms with E-state index in [2.05, 4.69) is 10.2 Å². The molecule has 1 N–H and O–H groups in total. The van der Waals surface area contributed by atoms with Gasteiger partial charge in [0.15, 0.2) is 0 Å². The first-order valence-corrected chi connectivity index (χ1v) is 9.59. The molecule has 0 aliphatic rings. The summed E-state index contributed by atoms with van der Waals surface area (Å²) >= 11 is 7.93. The molecule has 0 aliphatic heterocycles. The smallest absolute Gasteiger partial charge is 0.137 e. The second-order valence-corrected chi connectivity index (χ2v) is 7.64. The van der Waals surface area contributed by atoms with Gasteiger partial charge in [-0.15, -0.1) is 21.5 Å². The average Bonchev–Trinajstić information content (AvgIpc) is 3.29. The number of aromatic hydroxyl groups is 1. The first-order chi connectivity index (χ1) is 13.1. The van der Waals surface area contributed by atoms with Crippen molar-refractivity contribution in [3.8, 4) is 28.1 Å². The van der Waals surface area contributed by atoms with Gasteiger partial charge >= 0.3 is 0 Å². The van der Waals surface area contributed by atoms with Crippen molar-refractivity contribution in [1.82, 2.24) is 10.2 Å². The van der Waals surface area contributed by atoms with Crippen LogP contribution in [-0.4, -0.2) is 15.3 Å². The number of phenolic OH excluding ortho intramolecular Hbond substituents is 1. The van der Waals surface area contributed by atoms with E-state index in [-0.39, 0.29) is 5.75 Å². The Labute approximate surface area is 163 Å². The zero-order valence-electron chi connectivity index (χ0n) is 14.2. The number of aromatic nitrogens is 2. The number of thiophene rings is 1. The molecule has 132 valence electrons. The topological polar surface area (TPSA) is 59.2 Å². The summed E-state index contributed by atoms with van der Waals surface area (Å²) in [6.07, 6.45) is 1.57. The maximum absolute atomic E-state index is 10.7. The van der Waals surface area contributed by atoms with Crippen molar-refractivity contribution in [2.45, 2.75) is 6.92 Å². The zero-order chi connectivity index (χ0) is 18.5. The molecule has 6 heteroatoms. The van der Waals surface area contributed by atoms with Crippen LogP contribution in [0.4, 0.5) is 0 Å². The van der Waals surface area contributed by atoms with Crippen LogP contribution in [0.1, 0.15) is 5.56 Å². The van der Waals surface area contributed by atoms with Gasteiger partial charge in [0.2, 0.25) is 0 Å². The number of hydrogen-bond donors (Lipinski definition) is 1. The summed E-state index contributed by atoms with van der Waals surface area (Å²) in [5, 5.41) is 23.0. The third-order valence-corrected chi connectivity index (χ3v) is 5.92. The summed E-state index contributed by atoms with van der Waals surface area (Å²) in [6, 6.07) is 13.3. The fourth-order valence-electron chi connectivity index (χ4n) is 3.36. The first kappa shape index (κ1) is 16.3. The summed E-state index contributed by atoms with van der Waals surface area (Å²) in [4.78, 5) is 0. The number of benzene rings is 2. The number of furan rings is 1. The van der Waals surface area contributed by atoms with Gasteiger partial charge < -0.3 is 9.52 Å². The predicted molar refractivity (Wildman–Crippen MR) is 109 cm³/mol. The van der Waals surface area contributed by atoms with Crippen LogP contribution in [0.5, 0.6) is 5.75 Å². The Bertz CT molecular complexity index is 1320. The predicted octanol–water partition coefficient (Wildman–Crippen LogP) is 6.44. The Morgan fingerprint density at radius 3 is 2.78 bits per heavy atom. The number of fused-ring (bicyclic) bond motifs is 2. The largest absolute Gasteiger partial charge is 0.506 e. The lowest BCUT2D eigenvalue weighted by Gasteiger charge is -2.09. The molecule has 5 rings (SSSR count). The molecule has 0 unspecified atom stereocenters. The van der Waals surface area contributed by atoms with Gasteiger partial charge in [-0.2, -0.15) is 0 Å². The summed E-state index contributed by atoms with van der Waals surface area (Å²) in [5.41, 5.74) is 5.54. The highest BCUT2D eigenvalue weighted by Gasteiger charge is 2.18. The molecule has 4 nitrogen and oxygen atoms in total. The Kier molecular flexibility index (Phi) is 3.67. The molecule has 0 saturated carbocycles. The van der Waals surface area contributed by atoms with Gasteiger partial charge in [-0.25, -0.2) is 0 Å². The number of rotatable bonds is 2. The highest BCUT2D eigenvalue weighted by atomic mass is 35.5. The number of phenols is 1. The van der Waals surface area contributed by atoms with Crippen molar-refractivity contribution >= 4 is 44.1 Å². The SMILES string of the molecule is Cc1cc2occc2c(O)c1-c1cc2scc(-c3ccccc3Cl)c2nn1.